The van der Waals surface area contributed by atoms with Crippen LogP contribution in [0.25, 0.3) is 11.4 Å². The molecule has 0 N–H and O–H groups in total. The molecule has 0 radical (unpaired) electrons. The molecule has 0 spiro atoms. The first-order valence-corrected chi connectivity index (χ1v) is 6.08. The Morgan fingerprint density at radius 3 is 2.31 bits per heavy atom. The zero-order valence-corrected chi connectivity index (χ0v) is 11.4. The van der Waals surface area contributed by atoms with Crippen LogP contribution in [-0.4, -0.2) is 9.97 Å². The van der Waals surface area contributed by atoms with E-state index in [4.69, 9.17) is 23.2 Å². The Labute approximate surface area is 112 Å². The molecule has 5 heteroatoms. The number of halogens is 3. The number of rotatable bonds is 1. The van der Waals surface area contributed by atoms with E-state index in [2.05, 4.69) is 25.9 Å². The molecular weight excluding hydrogens is 311 g/mol. The number of hydrogen-bond donors (Lipinski definition) is 0. The first-order valence-electron chi connectivity index (χ1n) is 4.53. The van der Waals surface area contributed by atoms with Crippen molar-refractivity contribution in [1.29, 1.82) is 0 Å². The van der Waals surface area contributed by atoms with Gasteiger partial charge < -0.3 is 0 Å². The fraction of sp³-hybridized carbons (Fsp3) is 0.0909. The van der Waals surface area contributed by atoms with Gasteiger partial charge >= 0.3 is 0 Å². The van der Waals surface area contributed by atoms with Crippen molar-refractivity contribution in [2.45, 2.75) is 6.92 Å². The maximum absolute atomic E-state index is 6.09. The van der Waals surface area contributed by atoms with Crippen LogP contribution in [0.5, 0.6) is 0 Å². The van der Waals surface area contributed by atoms with Crippen molar-refractivity contribution in [1.82, 2.24) is 9.97 Å². The lowest BCUT2D eigenvalue weighted by Crippen LogP contribution is -1.93. The van der Waals surface area contributed by atoms with Crippen molar-refractivity contribution in [3.05, 3.63) is 44.6 Å². The van der Waals surface area contributed by atoms with Crippen LogP contribution in [0.4, 0.5) is 0 Å². The summed E-state index contributed by atoms with van der Waals surface area (Å²) in [7, 11) is 0. The third-order valence-corrected chi connectivity index (χ3v) is 3.05. The quantitative estimate of drug-likeness (QED) is 0.723. The van der Waals surface area contributed by atoms with Gasteiger partial charge in [-0.15, -0.1) is 0 Å². The first kappa shape index (κ1) is 11.8. The number of aromatic nitrogens is 2. The minimum Gasteiger partial charge on any atom is -0.233 e. The molecule has 0 bridgehead atoms. The van der Waals surface area contributed by atoms with Gasteiger partial charge in [-0.3, -0.25) is 0 Å². The summed E-state index contributed by atoms with van der Waals surface area (Å²) < 4.78 is 0.714. The van der Waals surface area contributed by atoms with E-state index in [9.17, 15) is 0 Å². The van der Waals surface area contributed by atoms with E-state index in [1.165, 1.54) is 0 Å². The van der Waals surface area contributed by atoms with Crippen LogP contribution in [0.1, 0.15) is 5.69 Å². The van der Waals surface area contributed by atoms with Gasteiger partial charge in [-0.05, 0) is 41.1 Å². The van der Waals surface area contributed by atoms with Gasteiger partial charge in [0.25, 0.3) is 0 Å². The largest absolute Gasteiger partial charge is 0.233 e. The monoisotopic (exact) mass is 316 g/mol. The highest BCUT2D eigenvalue weighted by molar-refractivity contribution is 9.10. The molecule has 0 fully saturated rings. The van der Waals surface area contributed by atoms with E-state index in [0.717, 1.165) is 5.69 Å². The van der Waals surface area contributed by atoms with Crippen LogP contribution in [-0.2, 0) is 0 Å². The molecule has 0 saturated carbocycles. The molecule has 0 aliphatic carbocycles. The SMILES string of the molecule is Cc1cc(Br)nc(-c2c(Cl)cccc2Cl)n1. The zero-order chi connectivity index (χ0) is 11.7. The summed E-state index contributed by atoms with van der Waals surface area (Å²) in [4.78, 5) is 8.58. The Bertz CT molecular complexity index is 503. The van der Waals surface area contributed by atoms with E-state index < -0.39 is 0 Å². The third kappa shape index (κ3) is 2.37. The lowest BCUT2D eigenvalue weighted by Gasteiger charge is -2.06. The molecule has 0 aliphatic rings. The summed E-state index contributed by atoms with van der Waals surface area (Å²) in [6.07, 6.45) is 0. The highest BCUT2D eigenvalue weighted by atomic mass is 79.9. The topological polar surface area (TPSA) is 25.8 Å². The van der Waals surface area contributed by atoms with E-state index >= 15 is 0 Å². The second-order valence-electron chi connectivity index (χ2n) is 3.25. The van der Waals surface area contributed by atoms with Gasteiger partial charge in [0, 0.05) is 5.69 Å². The van der Waals surface area contributed by atoms with E-state index in [-0.39, 0.29) is 0 Å². The Balaban J connectivity index is 2.67. The molecule has 16 heavy (non-hydrogen) atoms. The Hall–Kier alpha value is -0.640. The van der Waals surface area contributed by atoms with Crippen molar-refractivity contribution < 1.29 is 0 Å². The zero-order valence-electron chi connectivity index (χ0n) is 8.34. The van der Waals surface area contributed by atoms with E-state index in [1.54, 1.807) is 18.2 Å². The predicted octanol–water partition coefficient (Wildman–Crippen LogP) is 4.52. The van der Waals surface area contributed by atoms with Crippen molar-refractivity contribution >= 4 is 39.1 Å². The molecule has 1 aromatic carbocycles. The van der Waals surface area contributed by atoms with Gasteiger partial charge in [0.1, 0.15) is 4.60 Å². The molecule has 0 atom stereocenters. The van der Waals surface area contributed by atoms with Crippen LogP contribution in [0.2, 0.25) is 10.0 Å². The molecule has 1 heterocycles. The molecular formula is C11H7BrCl2N2. The fourth-order valence-electron chi connectivity index (χ4n) is 1.35. The number of benzene rings is 1. The average molecular weight is 318 g/mol. The van der Waals surface area contributed by atoms with Crippen molar-refractivity contribution in [2.24, 2.45) is 0 Å². The minimum absolute atomic E-state index is 0.530. The summed E-state index contributed by atoms with van der Waals surface area (Å²) in [6, 6.07) is 7.15. The van der Waals surface area contributed by atoms with Crippen LogP contribution in [0, 0.1) is 6.92 Å². The Morgan fingerprint density at radius 1 is 1.12 bits per heavy atom. The molecule has 0 aliphatic heterocycles. The molecule has 2 rings (SSSR count). The number of nitrogens with zero attached hydrogens (tertiary/aromatic N) is 2. The standard InChI is InChI=1S/C11H7BrCl2N2/c1-6-5-9(12)16-11(15-6)10-7(13)3-2-4-8(10)14/h2-5H,1H3. The van der Waals surface area contributed by atoms with Gasteiger partial charge in [0.15, 0.2) is 5.82 Å². The van der Waals surface area contributed by atoms with Gasteiger partial charge in [-0.25, -0.2) is 9.97 Å². The summed E-state index contributed by atoms with van der Waals surface area (Å²) in [6.45, 7) is 1.89. The highest BCUT2D eigenvalue weighted by Gasteiger charge is 2.11. The van der Waals surface area contributed by atoms with E-state index in [0.29, 0.717) is 26.0 Å². The maximum atomic E-state index is 6.09. The highest BCUT2D eigenvalue weighted by Crippen LogP contribution is 2.32. The van der Waals surface area contributed by atoms with Gasteiger partial charge in [0.2, 0.25) is 0 Å². The molecule has 0 saturated heterocycles. The van der Waals surface area contributed by atoms with Crippen LogP contribution >= 0.6 is 39.1 Å². The number of hydrogen-bond acceptors (Lipinski definition) is 2. The first-order chi connectivity index (χ1) is 7.58. The van der Waals surface area contributed by atoms with Crippen LogP contribution in [0.3, 0.4) is 0 Å². The molecule has 2 aromatic rings. The lowest BCUT2D eigenvalue weighted by atomic mass is 10.2. The smallest absolute Gasteiger partial charge is 0.163 e. The minimum atomic E-state index is 0.530. The predicted molar refractivity (Wildman–Crippen MR) is 69.9 cm³/mol. The fourth-order valence-corrected chi connectivity index (χ4v) is 2.42. The van der Waals surface area contributed by atoms with Gasteiger partial charge in [-0.1, -0.05) is 29.3 Å². The van der Waals surface area contributed by atoms with Crippen LogP contribution in [0.15, 0.2) is 28.9 Å². The average Bonchev–Trinajstić information content (AvgIpc) is 2.15. The van der Waals surface area contributed by atoms with Gasteiger partial charge in [0.05, 0.1) is 15.6 Å². The van der Waals surface area contributed by atoms with Crippen LogP contribution < -0.4 is 0 Å². The van der Waals surface area contributed by atoms with Crippen molar-refractivity contribution in [2.75, 3.05) is 0 Å². The Kier molecular flexibility index (Phi) is 3.47. The Morgan fingerprint density at radius 2 is 1.75 bits per heavy atom. The second kappa shape index (κ2) is 4.70. The molecule has 82 valence electrons. The maximum Gasteiger partial charge on any atom is 0.163 e. The van der Waals surface area contributed by atoms with Crippen molar-refractivity contribution in [3.8, 4) is 11.4 Å². The summed E-state index contributed by atoms with van der Waals surface area (Å²) in [5.41, 5.74) is 1.52. The number of aryl methyl sites for hydroxylation is 1. The van der Waals surface area contributed by atoms with Crippen molar-refractivity contribution in [3.63, 3.8) is 0 Å². The second-order valence-corrected chi connectivity index (χ2v) is 4.88. The van der Waals surface area contributed by atoms with Gasteiger partial charge in [-0.2, -0.15) is 0 Å². The normalized spacial score (nSPS) is 10.5. The molecule has 2 nitrogen and oxygen atoms in total. The van der Waals surface area contributed by atoms with E-state index in [1.807, 2.05) is 13.0 Å². The molecule has 0 amide bonds. The summed E-state index contributed by atoms with van der Waals surface area (Å²) in [5.74, 6) is 0.530. The summed E-state index contributed by atoms with van der Waals surface area (Å²) >= 11 is 15.5. The summed E-state index contributed by atoms with van der Waals surface area (Å²) in [5, 5.41) is 1.09. The lowest BCUT2D eigenvalue weighted by molar-refractivity contribution is 1.09. The third-order valence-electron chi connectivity index (χ3n) is 2.01. The molecule has 1 aromatic heterocycles. The molecule has 0 unspecified atom stereocenters.